The number of anilines is 1. The SMILES string of the molecule is Cc1ccccc1C(=O)Nc1nc(CN2CCC[C@H](C)C2)cs1. The summed E-state index contributed by atoms with van der Waals surface area (Å²) in [7, 11) is 0. The Kier molecular flexibility index (Phi) is 5.08. The Balaban J connectivity index is 1.61. The molecular weight excluding hydrogens is 306 g/mol. The third-order valence-corrected chi connectivity index (χ3v) is 5.10. The summed E-state index contributed by atoms with van der Waals surface area (Å²) in [5, 5.41) is 5.64. The number of benzene rings is 1. The van der Waals surface area contributed by atoms with Gasteiger partial charge < -0.3 is 0 Å². The molecule has 3 rings (SSSR count). The molecule has 1 N–H and O–H groups in total. The molecule has 122 valence electrons. The van der Waals surface area contributed by atoms with Crippen molar-refractivity contribution in [3.63, 3.8) is 0 Å². The van der Waals surface area contributed by atoms with Gasteiger partial charge in [-0.05, 0) is 43.9 Å². The lowest BCUT2D eigenvalue weighted by molar-refractivity contribution is 0.102. The second-order valence-corrected chi connectivity index (χ2v) is 7.25. The van der Waals surface area contributed by atoms with Gasteiger partial charge in [0.2, 0.25) is 0 Å². The molecule has 1 aromatic carbocycles. The highest BCUT2D eigenvalue weighted by atomic mass is 32.1. The smallest absolute Gasteiger partial charge is 0.257 e. The van der Waals surface area contributed by atoms with E-state index in [4.69, 9.17) is 0 Å². The Morgan fingerprint density at radius 3 is 3.04 bits per heavy atom. The maximum atomic E-state index is 12.3. The van der Waals surface area contributed by atoms with Crippen LogP contribution in [0, 0.1) is 12.8 Å². The summed E-state index contributed by atoms with van der Waals surface area (Å²) in [6.45, 7) is 7.41. The van der Waals surface area contributed by atoms with E-state index in [1.54, 1.807) is 0 Å². The molecule has 1 atom stereocenters. The number of thiazole rings is 1. The van der Waals surface area contributed by atoms with E-state index in [9.17, 15) is 4.79 Å². The van der Waals surface area contributed by atoms with E-state index < -0.39 is 0 Å². The minimum absolute atomic E-state index is 0.0874. The van der Waals surface area contributed by atoms with E-state index >= 15 is 0 Å². The number of hydrogen-bond donors (Lipinski definition) is 1. The number of rotatable bonds is 4. The van der Waals surface area contributed by atoms with E-state index in [1.807, 2.05) is 36.6 Å². The fraction of sp³-hybridized carbons (Fsp3) is 0.444. The van der Waals surface area contributed by atoms with Crippen LogP contribution in [0.5, 0.6) is 0 Å². The van der Waals surface area contributed by atoms with Gasteiger partial charge in [-0.3, -0.25) is 15.0 Å². The first-order valence-electron chi connectivity index (χ1n) is 8.15. The van der Waals surface area contributed by atoms with Crippen LogP contribution in [0.1, 0.15) is 41.4 Å². The zero-order valence-corrected chi connectivity index (χ0v) is 14.5. The molecule has 4 nitrogen and oxygen atoms in total. The molecule has 2 aromatic rings. The predicted octanol–water partition coefficient (Wildman–Crippen LogP) is 3.94. The van der Waals surface area contributed by atoms with E-state index in [1.165, 1.54) is 24.2 Å². The van der Waals surface area contributed by atoms with Gasteiger partial charge in [-0.2, -0.15) is 0 Å². The maximum absolute atomic E-state index is 12.3. The molecule has 1 saturated heterocycles. The fourth-order valence-electron chi connectivity index (χ4n) is 3.09. The summed E-state index contributed by atoms with van der Waals surface area (Å²) in [5.74, 6) is 0.679. The molecule has 1 aliphatic rings. The minimum atomic E-state index is -0.0874. The normalized spacial score (nSPS) is 18.8. The molecule has 1 aromatic heterocycles. The van der Waals surface area contributed by atoms with Crippen molar-refractivity contribution in [3.8, 4) is 0 Å². The summed E-state index contributed by atoms with van der Waals surface area (Å²) in [6.07, 6.45) is 2.59. The van der Waals surface area contributed by atoms with Gasteiger partial charge in [-0.25, -0.2) is 4.98 Å². The largest absolute Gasteiger partial charge is 0.298 e. The number of hydrogen-bond acceptors (Lipinski definition) is 4. The van der Waals surface area contributed by atoms with Crippen LogP contribution in [0.2, 0.25) is 0 Å². The average molecular weight is 329 g/mol. The summed E-state index contributed by atoms with van der Waals surface area (Å²) < 4.78 is 0. The van der Waals surface area contributed by atoms with Gasteiger partial charge in [-0.1, -0.05) is 25.1 Å². The number of carbonyl (C=O) groups is 1. The van der Waals surface area contributed by atoms with Crippen molar-refractivity contribution in [2.45, 2.75) is 33.2 Å². The number of carbonyl (C=O) groups excluding carboxylic acids is 1. The lowest BCUT2D eigenvalue weighted by Gasteiger charge is -2.30. The van der Waals surface area contributed by atoms with Gasteiger partial charge in [0.05, 0.1) is 5.69 Å². The van der Waals surface area contributed by atoms with Crippen LogP contribution in [-0.4, -0.2) is 28.9 Å². The van der Waals surface area contributed by atoms with Crippen LogP contribution in [-0.2, 0) is 6.54 Å². The quantitative estimate of drug-likeness (QED) is 0.924. The number of aromatic nitrogens is 1. The highest BCUT2D eigenvalue weighted by molar-refractivity contribution is 7.13. The van der Waals surface area contributed by atoms with Crippen LogP contribution in [0.4, 0.5) is 5.13 Å². The van der Waals surface area contributed by atoms with Crippen molar-refractivity contribution in [2.24, 2.45) is 5.92 Å². The number of piperidine rings is 1. The third-order valence-electron chi connectivity index (χ3n) is 4.29. The maximum Gasteiger partial charge on any atom is 0.257 e. The molecule has 0 saturated carbocycles. The predicted molar refractivity (Wildman–Crippen MR) is 94.9 cm³/mol. The lowest BCUT2D eigenvalue weighted by atomic mass is 10.0. The van der Waals surface area contributed by atoms with E-state index in [2.05, 4.69) is 22.1 Å². The number of amides is 1. The Morgan fingerprint density at radius 1 is 1.43 bits per heavy atom. The molecule has 1 amide bonds. The number of likely N-dealkylation sites (tertiary alicyclic amines) is 1. The first-order valence-corrected chi connectivity index (χ1v) is 9.03. The zero-order valence-electron chi connectivity index (χ0n) is 13.7. The van der Waals surface area contributed by atoms with Crippen LogP contribution in [0.3, 0.4) is 0 Å². The first-order chi connectivity index (χ1) is 11.1. The monoisotopic (exact) mass is 329 g/mol. The standard InChI is InChI=1S/C18H23N3OS/c1-13-6-5-9-21(10-13)11-15-12-23-18(19-15)20-17(22)16-8-4-3-7-14(16)2/h3-4,7-8,12-13H,5-6,9-11H2,1-2H3,(H,19,20,22)/t13-/m0/s1. The van der Waals surface area contributed by atoms with Gasteiger partial charge in [0.15, 0.2) is 5.13 Å². The second-order valence-electron chi connectivity index (χ2n) is 6.40. The summed E-state index contributed by atoms with van der Waals surface area (Å²) in [4.78, 5) is 19.3. The first kappa shape index (κ1) is 16.1. The van der Waals surface area contributed by atoms with Gasteiger partial charge in [-0.15, -0.1) is 11.3 Å². The highest BCUT2D eigenvalue weighted by Crippen LogP contribution is 2.21. The van der Waals surface area contributed by atoms with Crippen LogP contribution >= 0.6 is 11.3 Å². The molecule has 5 heteroatoms. The van der Waals surface area contributed by atoms with Crippen molar-refractivity contribution in [1.82, 2.24) is 9.88 Å². The number of nitrogens with one attached hydrogen (secondary N) is 1. The number of aryl methyl sites for hydroxylation is 1. The molecule has 23 heavy (non-hydrogen) atoms. The van der Waals surface area contributed by atoms with E-state index in [-0.39, 0.29) is 5.91 Å². The Hall–Kier alpha value is -1.72. The molecule has 0 spiro atoms. The molecule has 0 unspecified atom stereocenters. The van der Waals surface area contributed by atoms with Crippen molar-refractivity contribution < 1.29 is 4.79 Å². The molecule has 1 fully saturated rings. The topological polar surface area (TPSA) is 45.2 Å². The van der Waals surface area contributed by atoms with Crippen LogP contribution in [0.15, 0.2) is 29.6 Å². The van der Waals surface area contributed by atoms with Crippen LogP contribution < -0.4 is 5.32 Å². The summed E-state index contributed by atoms with van der Waals surface area (Å²) in [6, 6.07) is 7.61. The zero-order chi connectivity index (χ0) is 16.2. The van der Waals surface area contributed by atoms with Gasteiger partial charge in [0, 0.05) is 24.0 Å². The van der Waals surface area contributed by atoms with Crippen LogP contribution in [0.25, 0.3) is 0 Å². The molecule has 0 radical (unpaired) electrons. The summed E-state index contributed by atoms with van der Waals surface area (Å²) in [5.41, 5.74) is 2.72. The molecule has 1 aliphatic heterocycles. The Labute approximate surface area is 141 Å². The molecule has 0 aliphatic carbocycles. The van der Waals surface area contributed by atoms with E-state index in [0.29, 0.717) is 10.7 Å². The van der Waals surface area contributed by atoms with Gasteiger partial charge in [0.25, 0.3) is 5.91 Å². The Morgan fingerprint density at radius 2 is 2.26 bits per heavy atom. The van der Waals surface area contributed by atoms with E-state index in [0.717, 1.165) is 36.8 Å². The highest BCUT2D eigenvalue weighted by Gasteiger charge is 2.18. The van der Waals surface area contributed by atoms with Gasteiger partial charge in [0.1, 0.15) is 0 Å². The summed E-state index contributed by atoms with van der Waals surface area (Å²) >= 11 is 1.50. The Bertz CT molecular complexity index is 682. The molecular formula is C18H23N3OS. The van der Waals surface area contributed by atoms with Crippen molar-refractivity contribution in [2.75, 3.05) is 18.4 Å². The van der Waals surface area contributed by atoms with Crippen molar-refractivity contribution in [3.05, 3.63) is 46.5 Å². The van der Waals surface area contributed by atoms with Gasteiger partial charge >= 0.3 is 0 Å². The third kappa shape index (κ3) is 4.18. The van der Waals surface area contributed by atoms with Crippen molar-refractivity contribution >= 4 is 22.4 Å². The second kappa shape index (κ2) is 7.23. The lowest BCUT2D eigenvalue weighted by Crippen LogP contribution is -2.33. The molecule has 0 bridgehead atoms. The number of nitrogens with zero attached hydrogens (tertiary/aromatic N) is 2. The molecule has 2 heterocycles. The average Bonchev–Trinajstić information content (AvgIpc) is 2.94. The van der Waals surface area contributed by atoms with Crippen molar-refractivity contribution in [1.29, 1.82) is 0 Å². The fourth-order valence-corrected chi connectivity index (χ4v) is 3.79. The minimum Gasteiger partial charge on any atom is -0.298 e.